The summed E-state index contributed by atoms with van der Waals surface area (Å²) in [5.74, 6) is -1.78. The molecule has 2 aliphatic rings. The molecule has 0 saturated heterocycles. The van der Waals surface area contributed by atoms with E-state index in [1.165, 1.54) is 0 Å². The number of aromatic nitrogens is 4. The Morgan fingerprint density at radius 1 is 0.682 bits per heavy atom. The standard InChI is InChI=1S/C34H34N4O4.ClH.Fe/c1-7-21-17(3)25-13-26-19(5)23(9-11-33(39)40)31(37-26)16-32-24(10-12-34(41)42)20(6)28(38-32)15-30-22(8-2)18(4)27(36-30)14-29(21)35-25;;/h7-8,13-16,35-36H,1-2,9-12H2,3-6H3,(H,39,40)(H,41,42);1H;. The number of carboxylic acid groups (broad SMARTS) is 2. The van der Waals surface area contributed by atoms with Gasteiger partial charge in [0, 0.05) is 63.1 Å². The quantitative estimate of drug-likeness (QED) is 0.181. The number of halogens is 1. The van der Waals surface area contributed by atoms with Crippen molar-refractivity contribution in [3.8, 4) is 0 Å². The van der Waals surface area contributed by atoms with Crippen molar-refractivity contribution < 1.29 is 36.9 Å². The molecule has 4 N–H and O–H groups in total. The van der Waals surface area contributed by atoms with E-state index in [4.69, 9.17) is 9.97 Å². The second-order valence-corrected chi connectivity index (χ2v) is 10.7. The molecule has 5 heterocycles. The molecular weight excluding hydrogens is 620 g/mol. The van der Waals surface area contributed by atoms with Crippen molar-refractivity contribution in [2.75, 3.05) is 0 Å². The molecule has 0 atom stereocenters. The number of allylic oxidation sites excluding steroid dienone is 4. The zero-order valence-electron chi connectivity index (χ0n) is 25.1. The predicted octanol–water partition coefficient (Wildman–Crippen LogP) is 8.23. The smallest absolute Gasteiger partial charge is 0.303 e. The summed E-state index contributed by atoms with van der Waals surface area (Å²) in [6.07, 6.45) is 4.20. The van der Waals surface area contributed by atoms with Gasteiger partial charge in [0.1, 0.15) is 0 Å². The van der Waals surface area contributed by atoms with Crippen molar-refractivity contribution in [3.63, 3.8) is 0 Å². The number of carbonyl (C=O) groups is 2. The molecule has 2 aliphatic heterocycles. The number of nitrogens with zero attached hydrogens (tertiary/aromatic N) is 2. The van der Waals surface area contributed by atoms with Gasteiger partial charge in [-0.1, -0.05) is 25.3 Å². The zero-order valence-corrected chi connectivity index (χ0v) is 27.0. The van der Waals surface area contributed by atoms with E-state index >= 15 is 0 Å². The monoisotopic (exact) mass is 654 g/mol. The number of H-pyrrole nitrogens is 2. The van der Waals surface area contributed by atoms with Crippen LogP contribution in [0.4, 0.5) is 0 Å². The molecule has 0 spiro atoms. The van der Waals surface area contributed by atoms with Gasteiger partial charge >= 0.3 is 11.9 Å². The van der Waals surface area contributed by atoms with E-state index in [1.54, 1.807) is 0 Å². The first kappa shape index (κ1) is 34.3. The van der Waals surface area contributed by atoms with Crippen molar-refractivity contribution in [2.45, 2.75) is 53.4 Å². The first-order valence-corrected chi connectivity index (χ1v) is 13.9. The van der Waals surface area contributed by atoms with Gasteiger partial charge in [-0.3, -0.25) is 9.59 Å². The fraction of sp³-hybridized carbons (Fsp3) is 0.235. The summed E-state index contributed by atoms with van der Waals surface area (Å²) in [4.78, 5) is 40.0. The van der Waals surface area contributed by atoms with E-state index in [0.29, 0.717) is 24.2 Å². The molecule has 230 valence electrons. The number of hydrogen-bond acceptors (Lipinski definition) is 4. The molecule has 0 amide bonds. The number of aromatic amines is 2. The van der Waals surface area contributed by atoms with Crippen molar-refractivity contribution >= 4 is 80.9 Å². The predicted molar refractivity (Wildman–Crippen MR) is 177 cm³/mol. The van der Waals surface area contributed by atoms with Crippen molar-refractivity contribution in [3.05, 3.63) is 82.5 Å². The Bertz CT molecular complexity index is 1930. The van der Waals surface area contributed by atoms with Gasteiger partial charge in [0.15, 0.2) is 0 Å². The van der Waals surface area contributed by atoms with Gasteiger partial charge in [-0.2, -0.15) is 0 Å². The van der Waals surface area contributed by atoms with Crippen LogP contribution in [0.5, 0.6) is 0 Å². The molecule has 8 bridgehead atoms. The summed E-state index contributed by atoms with van der Waals surface area (Å²) in [6, 6.07) is 7.88. The van der Waals surface area contributed by atoms with E-state index in [9.17, 15) is 19.8 Å². The molecular formula is C34H35ClFeN4O4. The second-order valence-electron chi connectivity index (χ2n) is 10.7. The summed E-state index contributed by atoms with van der Waals surface area (Å²) >= 11 is 0. The van der Waals surface area contributed by atoms with Crippen LogP contribution in [0.1, 0.15) is 84.6 Å². The number of hydrogen-bond donors (Lipinski definition) is 4. The normalized spacial score (nSPS) is 12.5. The molecule has 44 heavy (non-hydrogen) atoms. The van der Waals surface area contributed by atoms with E-state index in [0.717, 1.165) is 78.0 Å². The summed E-state index contributed by atoms with van der Waals surface area (Å²) in [5, 5.41) is 18.9. The topological polar surface area (TPSA) is 132 Å². The average molecular weight is 655 g/mol. The van der Waals surface area contributed by atoms with Gasteiger partial charge in [-0.15, -0.1) is 12.4 Å². The Kier molecular flexibility index (Phi) is 10.6. The largest absolute Gasteiger partial charge is 0.481 e. The third-order valence-electron chi connectivity index (χ3n) is 8.22. The van der Waals surface area contributed by atoms with Crippen LogP contribution in [0, 0.1) is 13.8 Å². The van der Waals surface area contributed by atoms with Crippen LogP contribution < -0.4 is 0 Å². The molecule has 0 saturated carbocycles. The minimum absolute atomic E-state index is 0. The van der Waals surface area contributed by atoms with Gasteiger partial charge in [0.25, 0.3) is 0 Å². The zero-order chi connectivity index (χ0) is 30.3. The average Bonchev–Trinajstić information content (AvgIpc) is 3.59. The summed E-state index contributed by atoms with van der Waals surface area (Å²) in [7, 11) is 0. The number of carboxylic acids is 2. The van der Waals surface area contributed by atoms with Crippen LogP contribution in [0.2, 0.25) is 0 Å². The van der Waals surface area contributed by atoms with Gasteiger partial charge in [0.2, 0.25) is 0 Å². The Morgan fingerprint density at radius 2 is 1.07 bits per heavy atom. The van der Waals surface area contributed by atoms with Crippen LogP contribution in [0.25, 0.3) is 56.5 Å². The maximum absolute atomic E-state index is 11.5. The van der Waals surface area contributed by atoms with E-state index < -0.39 is 11.9 Å². The fourth-order valence-corrected chi connectivity index (χ4v) is 5.77. The number of nitrogens with one attached hydrogen (secondary N) is 2. The Morgan fingerprint density at radius 3 is 1.48 bits per heavy atom. The third kappa shape index (κ3) is 6.36. The first-order valence-electron chi connectivity index (χ1n) is 13.9. The Balaban J connectivity index is 0.00000264. The molecule has 0 fully saturated rings. The van der Waals surface area contributed by atoms with E-state index in [-0.39, 0.29) is 42.3 Å². The maximum Gasteiger partial charge on any atom is 0.303 e. The number of aliphatic carboxylic acids is 2. The SMILES string of the molecule is C=Cc1c(C)c2cc3[nH]c(cc4nc(cc5nc(cc1[nH]2)C(C)=C5CCC(=O)O)C(CCC(=O)O)=C4C)c(C)c3C=C.Cl.[Fe]. The van der Waals surface area contributed by atoms with E-state index in [2.05, 4.69) is 29.2 Å². The van der Waals surface area contributed by atoms with Crippen LogP contribution in [-0.4, -0.2) is 42.1 Å². The van der Waals surface area contributed by atoms with Crippen LogP contribution in [-0.2, 0) is 26.7 Å². The molecule has 0 radical (unpaired) electrons. The van der Waals surface area contributed by atoms with Gasteiger partial charge in [-0.05, 0) is 98.2 Å². The van der Waals surface area contributed by atoms with Gasteiger partial charge in [-0.25, -0.2) is 9.97 Å². The second kappa shape index (κ2) is 13.6. The van der Waals surface area contributed by atoms with Crippen LogP contribution in [0.3, 0.4) is 0 Å². The summed E-state index contributed by atoms with van der Waals surface area (Å²) in [5.41, 5.74) is 13.7. The maximum atomic E-state index is 11.5. The minimum atomic E-state index is -0.889. The molecule has 0 unspecified atom stereocenters. The van der Waals surface area contributed by atoms with Gasteiger partial charge in [0.05, 0.1) is 22.8 Å². The molecule has 3 aromatic heterocycles. The van der Waals surface area contributed by atoms with Gasteiger partial charge < -0.3 is 20.2 Å². The molecule has 0 aliphatic carbocycles. The summed E-state index contributed by atoms with van der Waals surface area (Å²) in [6.45, 7) is 16.1. The fourth-order valence-electron chi connectivity index (χ4n) is 5.77. The molecule has 0 aromatic carbocycles. The van der Waals surface area contributed by atoms with Crippen molar-refractivity contribution in [2.24, 2.45) is 0 Å². The van der Waals surface area contributed by atoms with Crippen LogP contribution >= 0.6 is 12.4 Å². The number of rotatable bonds is 8. The molecule has 8 nitrogen and oxygen atoms in total. The molecule has 3 aromatic rings. The molecule has 5 rings (SSSR count). The van der Waals surface area contributed by atoms with Crippen molar-refractivity contribution in [1.82, 2.24) is 19.9 Å². The van der Waals surface area contributed by atoms with Crippen molar-refractivity contribution in [1.29, 1.82) is 0 Å². The Hall–Kier alpha value is -4.17. The first-order chi connectivity index (χ1) is 20.0. The number of fused-ring (bicyclic) bond motifs is 8. The number of aryl methyl sites for hydroxylation is 2. The summed E-state index contributed by atoms with van der Waals surface area (Å²) < 4.78 is 0. The third-order valence-corrected chi connectivity index (χ3v) is 8.22. The molecule has 10 heteroatoms. The Labute approximate surface area is 272 Å². The van der Waals surface area contributed by atoms with E-state index in [1.807, 2.05) is 58.0 Å². The van der Waals surface area contributed by atoms with Crippen LogP contribution in [0.15, 0.2) is 37.4 Å². The minimum Gasteiger partial charge on any atom is -0.481 e.